The Hall–Kier alpha value is -1.63. The molecule has 0 aliphatic carbocycles. The lowest BCUT2D eigenvalue weighted by atomic mass is 10.3. The summed E-state index contributed by atoms with van der Waals surface area (Å²) in [5.41, 5.74) is 0.505. The van der Waals surface area contributed by atoms with Crippen LogP contribution in [-0.2, 0) is 6.54 Å². The monoisotopic (exact) mass is 335 g/mol. The highest BCUT2D eigenvalue weighted by molar-refractivity contribution is 9.10. The Bertz CT molecular complexity index is 554. The molecule has 1 heterocycles. The van der Waals surface area contributed by atoms with Gasteiger partial charge in [0.05, 0.1) is 17.3 Å². The van der Waals surface area contributed by atoms with Crippen molar-refractivity contribution in [3.05, 3.63) is 46.8 Å². The minimum Gasteiger partial charge on any atom is -0.466 e. The zero-order chi connectivity index (χ0) is 13.9. The largest absolute Gasteiger partial charge is 0.573 e. The Morgan fingerprint density at radius 1 is 1.26 bits per heavy atom. The van der Waals surface area contributed by atoms with Gasteiger partial charge in [-0.25, -0.2) is 0 Å². The first kappa shape index (κ1) is 13.8. The topological polar surface area (TPSA) is 34.4 Å². The van der Waals surface area contributed by atoms with Gasteiger partial charge in [0.25, 0.3) is 0 Å². The molecule has 0 saturated carbocycles. The van der Waals surface area contributed by atoms with Gasteiger partial charge in [-0.05, 0) is 34.1 Å². The average molecular weight is 336 g/mol. The van der Waals surface area contributed by atoms with Gasteiger partial charge in [0.1, 0.15) is 11.5 Å². The fourth-order valence-corrected chi connectivity index (χ4v) is 1.78. The van der Waals surface area contributed by atoms with Crippen LogP contribution in [0.25, 0.3) is 0 Å². The Labute approximate surface area is 115 Å². The molecule has 0 aliphatic rings. The number of alkyl halides is 3. The average Bonchev–Trinajstić information content (AvgIpc) is 2.70. The minimum atomic E-state index is -4.69. The number of hydrogen-bond acceptors (Lipinski definition) is 3. The molecule has 2 aromatic rings. The van der Waals surface area contributed by atoms with Crippen LogP contribution in [0.15, 0.2) is 45.5 Å². The summed E-state index contributed by atoms with van der Waals surface area (Å²) in [7, 11) is 0. The zero-order valence-electron chi connectivity index (χ0n) is 9.50. The second-order valence-electron chi connectivity index (χ2n) is 3.62. The number of halogens is 4. The van der Waals surface area contributed by atoms with Crippen molar-refractivity contribution in [3.63, 3.8) is 0 Å². The second-order valence-corrected chi connectivity index (χ2v) is 4.48. The normalized spacial score (nSPS) is 11.4. The van der Waals surface area contributed by atoms with Gasteiger partial charge >= 0.3 is 6.36 Å². The van der Waals surface area contributed by atoms with E-state index < -0.39 is 6.36 Å². The van der Waals surface area contributed by atoms with Gasteiger partial charge in [-0.1, -0.05) is 6.07 Å². The smallest absolute Gasteiger partial charge is 0.466 e. The van der Waals surface area contributed by atoms with Crippen molar-refractivity contribution in [3.8, 4) is 5.75 Å². The summed E-state index contributed by atoms with van der Waals surface area (Å²) in [6, 6.07) is 7.35. The van der Waals surface area contributed by atoms with Crippen molar-refractivity contribution in [1.29, 1.82) is 0 Å². The maximum Gasteiger partial charge on any atom is 0.573 e. The van der Waals surface area contributed by atoms with Gasteiger partial charge in [-0.3, -0.25) is 0 Å². The van der Waals surface area contributed by atoms with E-state index in [2.05, 4.69) is 26.0 Å². The van der Waals surface area contributed by atoms with Crippen LogP contribution in [-0.4, -0.2) is 6.36 Å². The van der Waals surface area contributed by atoms with E-state index in [0.717, 1.165) is 4.47 Å². The van der Waals surface area contributed by atoms with Gasteiger partial charge < -0.3 is 14.5 Å². The molecule has 0 aliphatic heterocycles. The number of furan rings is 1. The van der Waals surface area contributed by atoms with E-state index in [1.807, 2.05) is 0 Å². The Morgan fingerprint density at radius 3 is 2.68 bits per heavy atom. The van der Waals surface area contributed by atoms with Crippen LogP contribution in [0.3, 0.4) is 0 Å². The molecule has 0 spiro atoms. The van der Waals surface area contributed by atoms with Crippen molar-refractivity contribution in [2.45, 2.75) is 12.9 Å². The molecule has 0 saturated heterocycles. The Kier molecular flexibility index (Phi) is 4.04. The van der Waals surface area contributed by atoms with E-state index in [0.29, 0.717) is 18.0 Å². The number of rotatable bonds is 4. The molecule has 1 N–H and O–H groups in total. The highest BCUT2D eigenvalue weighted by Gasteiger charge is 2.31. The third kappa shape index (κ3) is 4.20. The number of ether oxygens (including phenoxy) is 1. The summed E-state index contributed by atoms with van der Waals surface area (Å²) in [5.74, 6) is 0.387. The van der Waals surface area contributed by atoms with Crippen molar-refractivity contribution in [2.75, 3.05) is 5.32 Å². The summed E-state index contributed by atoms with van der Waals surface area (Å²) in [6.45, 7) is 0.350. The van der Waals surface area contributed by atoms with Gasteiger partial charge in [0, 0.05) is 11.8 Å². The molecule has 1 aromatic heterocycles. The van der Waals surface area contributed by atoms with Crippen molar-refractivity contribution >= 4 is 21.6 Å². The van der Waals surface area contributed by atoms with Gasteiger partial charge in [0.2, 0.25) is 0 Å². The molecule has 7 heteroatoms. The predicted molar refractivity (Wildman–Crippen MR) is 66.9 cm³/mol. The van der Waals surface area contributed by atoms with Crippen LogP contribution in [0.4, 0.5) is 18.9 Å². The van der Waals surface area contributed by atoms with E-state index in [-0.39, 0.29) is 5.75 Å². The molecule has 102 valence electrons. The second kappa shape index (κ2) is 5.56. The van der Waals surface area contributed by atoms with Crippen LogP contribution in [0.5, 0.6) is 5.75 Å². The van der Waals surface area contributed by atoms with Gasteiger partial charge in [-0.2, -0.15) is 0 Å². The quantitative estimate of drug-likeness (QED) is 0.889. The fourth-order valence-electron chi connectivity index (χ4n) is 1.44. The predicted octanol–water partition coefficient (Wildman–Crippen LogP) is 4.55. The van der Waals surface area contributed by atoms with Crippen molar-refractivity contribution in [2.24, 2.45) is 0 Å². The molecule has 0 unspecified atom stereocenters. The number of benzene rings is 1. The lowest BCUT2D eigenvalue weighted by molar-refractivity contribution is -0.274. The third-order valence-corrected chi connectivity index (χ3v) is 2.92. The summed E-state index contributed by atoms with van der Waals surface area (Å²) in [5, 5.41) is 2.94. The first-order valence-electron chi connectivity index (χ1n) is 5.25. The van der Waals surface area contributed by atoms with Crippen LogP contribution >= 0.6 is 15.9 Å². The summed E-state index contributed by atoms with van der Waals surface area (Å²) in [4.78, 5) is 0. The fraction of sp³-hybridized carbons (Fsp3) is 0.167. The summed E-state index contributed by atoms with van der Waals surface area (Å²) >= 11 is 3.29. The molecule has 0 fully saturated rings. The van der Waals surface area contributed by atoms with E-state index in [1.54, 1.807) is 12.1 Å². The number of hydrogen-bond donors (Lipinski definition) is 1. The van der Waals surface area contributed by atoms with Gasteiger partial charge in [-0.15, -0.1) is 13.2 Å². The lowest BCUT2D eigenvalue weighted by Gasteiger charge is -2.10. The molecule has 19 heavy (non-hydrogen) atoms. The van der Waals surface area contributed by atoms with E-state index in [4.69, 9.17) is 4.42 Å². The lowest BCUT2D eigenvalue weighted by Crippen LogP contribution is -2.17. The maximum absolute atomic E-state index is 12.1. The molecule has 0 bridgehead atoms. The standard InChI is InChI=1S/C12H9BrF3NO2/c13-10-4-5-18-11(10)7-17-8-2-1-3-9(6-8)19-12(14,15)16/h1-6,17H,7H2. The van der Waals surface area contributed by atoms with Crippen LogP contribution in [0.2, 0.25) is 0 Å². The number of anilines is 1. The Morgan fingerprint density at radius 2 is 2.05 bits per heavy atom. The highest BCUT2D eigenvalue weighted by Crippen LogP contribution is 2.26. The molecule has 0 radical (unpaired) electrons. The minimum absolute atomic E-state index is 0.268. The molecular weight excluding hydrogens is 327 g/mol. The van der Waals surface area contributed by atoms with E-state index in [1.165, 1.54) is 24.5 Å². The van der Waals surface area contributed by atoms with Crippen molar-refractivity contribution < 1.29 is 22.3 Å². The van der Waals surface area contributed by atoms with Crippen molar-refractivity contribution in [1.82, 2.24) is 0 Å². The highest BCUT2D eigenvalue weighted by atomic mass is 79.9. The van der Waals surface area contributed by atoms with Crippen LogP contribution in [0.1, 0.15) is 5.76 Å². The van der Waals surface area contributed by atoms with Crippen LogP contribution in [0, 0.1) is 0 Å². The SMILES string of the molecule is FC(F)(F)Oc1cccc(NCc2occc2Br)c1. The first-order chi connectivity index (χ1) is 8.94. The van der Waals surface area contributed by atoms with Crippen LogP contribution < -0.4 is 10.1 Å². The van der Waals surface area contributed by atoms with E-state index >= 15 is 0 Å². The summed E-state index contributed by atoms with van der Waals surface area (Å²) in [6.07, 6.45) is -3.17. The first-order valence-corrected chi connectivity index (χ1v) is 6.05. The van der Waals surface area contributed by atoms with Gasteiger partial charge in [0.15, 0.2) is 0 Å². The maximum atomic E-state index is 12.1. The zero-order valence-corrected chi connectivity index (χ0v) is 11.1. The molecule has 3 nitrogen and oxygen atoms in total. The molecule has 1 aromatic carbocycles. The molecule has 2 rings (SSSR count). The third-order valence-electron chi connectivity index (χ3n) is 2.21. The molecular formula is C12H9BrF3NO2. The van der Waals surface area contributed by atoms with E-state index in [9.17, 15) is 13.2 Å². The molecule has 0 atom stereocenters. The molecule has 0 amide bonds. The Balaban J connectivity index is 2.01. The number of nitrogens with one attached hydrogen (secondary N) is 1. The summed E-state index contributed by atoms with van der Waals surface area (Å²) < 4.78 is 46.0.